The van der Waals surface area contributed by atoms with Crippen LogP contribution in [0.5, 0.6) is 11.5 Å². The number of rotatable bonds is 6. The number of nitrogens with zero attached hydrogens (tertiary/aromatic N) is 1. The maximum atomic E-state index is 13.4. The molecule has 0 bridgehead atoms. The number of alkyl halides is 3. The summed E-state index contributed by atoms with van der Waals surface area (Å²) in [6, 6.07) is 11.1. The standard InChI is InChI=1S/C22H23F3N2O4S/c23-22(24,25)15-1-5-17(6-2-15)31-18-7-9-19(10-8-18)32(30)21(20(28)26-29)11-13-27(14-12-21)16-3-4-16/h1-2,5-10,16,29H,3-4,11-14H2,(H,26,28). The predicted molar refractivity (Wildman–Crippen MR) is 111 cm³/mol. The molecule has 1 amide bonds. The maximum absolute atomic E-state index is 13.4. The van der Waals surface area contributed by atoms with Crippen LogP contribution in [0.1, 0.15) is 31.2 Å². The molecular weight excluding hydrogens is 445 g/mol. The maximum Gasteiger partial charge on any atom is 0.416 e. The lowest BCUT2D eigenvalue weighted by Gasteiger charge is -2.39. The van der Waals surface area contributed by atoms with E-state index in [-0.39, 0.29) is 5.75 Å². The highest BCUT2D eigenvalue weighted by Crippen LogP contribution is 2.38. The molecule has 4 rings (SSSR count). The van der Waals surface area contributed by atoms with Crippen molar-refractivity contribution in [3.05, 3.63) is 54.1 Å². The number of halogens is 3. The van der Waals surface area contributed by atoms with Gasteiger partial charge in [-0.2, -0.15) is 13.2 Å². The van der Waals surface area contributed by atoms with Crippen molar-refractivity contribution in [3.63, 3.8) is 0 Å². The summed E-state index contributed by atoms with van der Waals surface area (Å²) in [5.41, 5.74) is 0.922. The van der Waals surface area contributed by atoms with E-state index in [2.05, 4.69) is 4.90 Å². The van der Waals surface area contributed by atoms with Crippen LogP contribution in [0.15, 0.2) is 53.4 Å². The molecule has 1 saturated carbocycles. The Morgan fingerprint density at radius 2 is 1.56 bits per heavy atom. The summed E-state index contributed by atoms with van der Waals surface area (Å²) < 4.78 is 55.8. The Hall–Kier alpha value is -2.43. The van der Waals surface area contributed by atoms with Crippen molar-refractivity contribution in [2.24, 2.45) is 0 Å². The van der Waals surface area contributed by atoms with Gasteiger partial charge in [0.05, 0.1) is 16.4 Å². The topological polar surface area (TPSA) is 78.9 Å². The lowest BCUT2D eigenvalue weighted by molar-refractivity contribution is -0.137. The van der Waals surface area contributed by atoms with E-state index in [1.165, 1.54) is 12.1 Å². The summed E-state index contributed by atoms with van der Waals surface area (Å²) in [6.07, 6.45) is -1.40. The molecule has 2 N–H and O–H groups in total. The summed E-state index contributed by atoms with van der Waals surface area (Å²) in [5, 5.41) is 9.28. The Morgan fingerprint density at radius 3 is 2.03 bits per heavy atom. The highest BCUT2D eigenvalue weighted by Gasteiger charge is 2.49. The van der Waals surface area contributed by atoms with E-state index in [0.717, 1.165) is 25.0 Å². The summed E-state index contributed by atoms with van der Waals surface area (Å²) >= 11 is 0. The van der Waals surface area contributed by atoms with Crippen LogP contribution in [-0.2, 0) is 21.8 Å². The van der Waals surface area contributed by atoms with Crippen molar-refractivity contribution in [3.8, 4) is 11.5 Å². The lowest BCUT2D eigenvalue weighted by atomic mass is 9.94. The van der Waals surface area contributed by atoms with Gasteiger partial charge in [-0.05, 0) is 74.2 Å². The van der Waals surface area contributed by atoms with Crippen molar-refractivity contribution in [1.82, 2.24) is 10.4 Å². The molecule has 1 aliphatic heterocycles. The predicted octanol–water partition coefficient (Wildman–Crippen LogP) is 4.11. The number of hydroxylamine groups is 1. The second-order valence-corrected chi connectivity index (χ2v) is 9.86. The number of likely N-dealkylation sites (tertiary alicyclic amines) is 1. The number of carbonyl (C=O) groups is 1. The van der Waals surface area contributed by atoms with E-state index in [9.17, 15) is 27.4 Å². The van der Waals surface area contributed by atoms with Crippen molar-refractivity contribution < 1.29 is 32.1 Å². The van der Waals surface area contributed by atoms with Crippen molar-refractivity contribution in [2.75, 3.05) is 13.1 Å². The van der Waals surface area contributed by atoms with Gasteiger partial charge in [-0.3, -0.25) is 14.2 Å². The van der Waals surface area contributed by atoms with Crippen molar-refractivity contribution >= 4 is 16.7 Å². The molecule has 32 heavy (non-hydrogen) atoms. The third-order valence-corrected chi connectivity index (χ3v) is 8.00. The molecule has 1 saturated heterocycles. The molecule has 10 heteroatoms. The monoisotopic (exact) mass is 468 g/mol. The van der Waals surface area contributed by atoms with Crippen LogP contribution in [0.4, 0.5) is 13.2 Å². The number of hydrogen-bond acceptors (Lipinski definition) is 5. The molecule has 6 nitrogen and oxygen atoms in total. The molecule has 2 aliphatic rings. The van der Waals surface area contributed by atoms with Crippen LogP contribution in [0, 0.1) is 0 Å². The van der Waals surface area contributed by atoms with E-state index in [1.807, 2.05) is 0 Å². The number of nitrogens with one attached hydrogen (secondary N) is 1. The highest BCUT2D eigenvalue weighted by atomic mass is 32.2. The minimum Gasteiger partial charge on any atom is -0.457 e. The molecule has 0 aromatic heterocycles. The molecule has 0 spiro atoms. The van der Waals surface area contributed by atoms with Gasteiger partial charge in [0.25, 0.3) is 5.91 Å². The first kappa shape index (κ1) is 22.8. The number of benzene rings is 2. The molecule has 1 unspecified atom stereocenters. The number of amides is 1. The van der Waals surface area contributed by atoms with Gasteiger partial charge in [-0.1, -0.05) is 0 Å². The fourth-order valence-electron chi connectivity index (χ4n) is 3.99. The van der Waals surface area contributed by atoms with Crippen LogP contribution >= 0.6 is 0 Å². The summed E-state index contributed by atoms with van der Waals surface area (Å²) in [7, 11) is -1.71. The average Bonchev–Trinajstić information content (AvgIpc) is 3.64. The Bertz CT molecular complexity index is 984. The number of piperidine rings is 1. The van der Waals surface area contributed by atoms with E-state index in [4.69, 9.17) is 4.74 Å². The number of hydrogen-bond donors (Lipinski definition) is 2. The van der Waals surface area contributed by atoms with Gasteiger partial charge in [0, 0.05) is 24.0 Å². The first-order valence-corrected chi connectivity index (χ1v) is 11.4. The fourth-order valence-corrected chi connectivity index (χ4v) is 5.60. The highest BCUT2D eigenvalue weighted by molar-refractivity contribution is 7.87. The van der Waals surface area contributed by atoms with Gasteiger partial charge in [-0.15, -0.1) is 0 Å². The van der Waals surface area contributed by atoms with Gasteiger partial charge >= 0.3 is 6.18 Å². The fraction of sp³-hybridized carbons (Fsp3) is 0.409. The first-order valence-electron chi connectivity index (χ1n) is 10.3. The minimum atomic E-state index is -4.42. The minimum absolute atomic E-state index is 0.232. The molecule has 0 radical (unpaired) electrons. The van der Waals surface area contributed by atoms with E-state index in [1.54, 1.807) is 29.7 Å². The third-order valence-electron chi connectivity index (χ3n) is 5.99. The molecule has 1 aliphatic carbocycles. The second kappa shape index (κ2) is 8.84. The molecule has 2 aromatic carbocycles. The van der Waals surface area contributed by atoms with Gasteiger partial charge < -0.3 is 9.64 Å². The average molecular weight is 468 g/mol. The van der Waals surface area contributed by atoms with E-state index >= 15 is 0 Å². The zero-order valence-corrected chi connectivity index (χ0v) is 17.9. The molecule has 172 valence electrons. The zero-order valence-electron chi connectivity index (χ0n) is 17.1. The van der Waals surface area contributed by atoms with Gasteiger partial charge in [0.2, 0.25) is 0 Å². The zero-order chi connectivity index (χ0) is 22.9. The van der Waals surface area contributed by atoms with Crippen molar-refractivity contribution in [2.45, 2.75) is 47.5 Å². The largest absolute Gasteiger partial charge is 0.457 e. The smallest absolute Gasteiger partial charge is 0.416 e. The second-order valence-electron chi connectivity index (χ2n) is 8.07. The SMILES string of the molecule is O=C(NO)C1(S(=O)c2ccc(Oc3ccc(C(F)(F)F)cc3)cc2)CCN(C2CC2)CC1. The molecule has 1 heterocycles. The van der Waals surface area contributed by atoms with Gasteiger partial charge in [0.1, 0.15) is 16.2 Å². The Balaban J connectivity index is 1.47. The normalized spacial score (nSPS) is 19.9. The van der Waals surface area contributed by atoms with E-state index < -0.39 is 33.2 Å². The quantitative estimate of drug-likeness (QED) is 0.493. The van der Waals surface area contributed by atoms with Gasteiger partial charge in [-0.25, -0.2) is 5.48 Å². The van der Waals surface area contributed by atoms with Crippen LogP contribution in [0.2, 0.25) is 0 Å². The Morgan fingerprint density at radius 1 is 1.03 bits per heavy atom. The number of carbonyl (C=O) groups excluding carboxylic acids is 1. The van der Waals surface area contributed by atoms with Crippen LogP contribution in [-0.4, -0.2) is 44.1 Å². The lowest BCUT2D eigenvalue weighted by Crippen LogP contribution is -2.56. The molecule has 2 aromatic rings. The molecule has 2 fully saturated rings. The Labute approximate surface area is 185 Å². The summed E-state index contributed by atoms with van der Waals surface area (Å²) in [5.74, 6) is -0.0680. The third kappa shape index (κ3) is 4.67. The van der Waals surface area contributed by atoms with Crippen LogP contribution in [0.3, 0.4) is 0 Å². The van der Waals surface area contributed by atoms with E-state index in [0.29, 0.717) is 42.6 Å². The van der Waals surface area contributed by atoms with Crippen molar-refractivity contribution in [1.29, 1.82) is 0 Å². The molecule has 1 atom stereocenters. The van der Waals surface area contributed by atoms with Crippen LogP contribution < -0.4 is 10.2 Å². The summed E-state index contributed by atoms with van der Waals surface area (Å²) in [4.78, 5) is 15.2. The Kier molecular flexibility index (Phi) is 6.28. The number of ether oxygens (including phenoxy) is 1. The van der Waals surface area contributed by atoms with Crippen LogP contribution in [0.25, 0.3) is 0 Å². The summed E-state index contributed by atoms with van der Waals surface area (Å²) in [6.45, 7) is 1.28. The van der Waals surface area contributed by atoms with Gasteiger partial charge in [0.15, 0.2) is 0 Å². The molecular formula is C22H23F3N2O4S. The first-order chi connectivity index (χ1) is 15.2.